The highest BCUT2D eigenvalue weighted by Gasteiger charge is 2.30. The summed E-state index contributed by atoms with van der Waals surface area (Å²) in [7, 11) is -0.379. The first-order valence-corrected chi connectivity index (χ1v) is 17.0. The van der Waals surface area contributed by atoms with Gasteiger partial charge in [-0.25, -0.2) is 13.4 Å². The van der Waals surface area contributed by atoms with Crippen LogP contribution in [0.1, 0.15) is 35.7 Å². The molecular formula is C33H37Cl2N5O5S. The minimum Gasteiger partial charge on any atom is -0.464 e. The average molecular weight is 687 g/mol. The Bertz CT molecular complexity index is 1780. The Balaban J connectivity index is 1.66. The highest BCUT2D eigenvalue weighted by Crippen LogP contribution is 2.34. The first-order chi connectivity index (χ1) is 22.0. The molecule has 2 N–H and O–H groups in total. The lowest BCUT2D eigenvalue weighted by Crippen LogP contribution is -2.37. The molecule has 0 fully saturated rings. The fraction of sp³-hybridized carbons (Fsp3) is 0.303. The zero-order chi connectivity index (χ0) is 33.3. The van der Waals surface area contributed by atoms with Crippen molar-refractivity contribution in [1.82, 2.24) is 15.2 Å². The predicted molar refractivity (Wildman–Crippen MR) is 183 cm³/mol. The number of amides is 1. The van der Waals surface area contributed by atoms with E-state index < -0.39 is 22.5 Å². The molecule has 0 unspecified atom stereocenters. The summed E-state index contributed by atoms with van der Waals surface area (Å²) in [6, 6.07) is 17.6. The van der Waals surface area contributed by atoms with Gasteiger partial charge in [-0.15, -0.1) is 0 Å². The van der Waals surface area contributed by atoms with Gasteiger partial charge in [0.05, 0.1) is 17.2 Å². The summed E-state index contributed by atoms with van der Waals surface area (Å²) in [6.07, 6.45) is 3.13. The van der Waals surface area contributed by atoms with Gasteiger partial charge in [0, 0.05) is 46.8 Å². The molecule has 0 spiro atoms. The van der Waals surface area contributed by atoms with Gasteiger partial charge in [-0.3, -0.25) is 13.9 Å². The molecule has 1 heterocycles. The van der Waals surface area contributed by atoms with Crippen LogP contribution in [0.15, 0.2) is 77.8 Å². The Morgan fingerprint density at radius 2 is 1.67 bits per heavy atom. The summed E-state index contributed by atoms with van der Waals surface area (Å²) in [6.45, 7) is 3.34. The van der Waals surface area contributed by atoms with Gasteiger partial charge in [0.15, 0.2) is 0 Å². The first kappa shape index (κ1) is 35.0. The van der Waals surface area contributed by atoms with Crippen LogP contribution in [-0.2, 0) is 26.1 Å². The number of sulfonamides is 1. The molecule has 10 nitrogen and oxygen atoms in total. The molecule has 3 aromatic carbocycles. The molecule has 0 radical (unpaired) electrons. The summed E-state index contributed by atoms with van der Waals surface area (Å²) in [5.74, 6) is -0.362. The van der Waals surface area contributed by atoms with Gasteiger partial charge in [0.2, 0.25) is 0 Å². The molecule has 0 bridgehead atoms. The maximum Gasteiger partial charge on any atom is 0.326 e. The number of nitrogens with one attached hydrogen (secondary N) is 2. The topological polar surface area (TPSA) is 121 Å². The van der Waals surface area contributed by atoms with E-state index in [-0.39, 0.29) is 39.7 Å². The molecule has 0 saturated carbocycles. The Kier molecular flexibility index (Phi) is 12.2. The van der Waals surface area contributed by atoms with Crippen LogP contribution in [0.4, 0.5) is 11.5 Å². The van der Waals surface area contributed by atoms with Crippen LogP contribution in [0.3, 0.4) is 0 Å². The lowest BCUT2D eigenvalue weighted by molar-refractivity contribution is -0.141. The number of carbonyl (C=O) groups excluding carboxylic acids is 2. The number of halogens is 2. The number of unbranched alkanes of at least 4 members (excludes halogenated alkanes) is 1. The minimum absolute atomic E-state index is 0.124. The standard InChI is InChI=1S/C33H37Cl2N5O5S/c1-4-5-16-45-32(41)22-40(46(43,44)26-19-24(34)18-25(35)20-26)30-11-7-8-27-28(30)9-6-10-29(27)33(42)38-21-23-12-13-36-31(17-23)37-14-15-39(2)3/h6-13,17-20H,4-5,14-16,21-22H2,1-3H3,(H,36,37)(H,38,42). The Morgan fingerprint density at radius 3 is 2.39 bits per heavy atom. The molecule has 0 saturated heterocycles. The van der Waals surface area contributed by atoms with Crippen molar-refractivity contribution in [2.24, 2.45) is 0 Å². The molecule has 1 aromatic heterocycles. The van der Waals surface area contributed by atoms with Crippen molar-refractivity contribution < 1.29 is 22.7 Å². The van der Waals surface area contributed by atoms with Crippen LogP contribution >= 0.6 is 23.2 Å². The highest BCUT2D eigenvalue weighted by atomic mass is 35.5. The third-order valence-corrected chi connectivity index (χ3v) is 9.19. The van der Waals surface area contributed by atoms with Gasteiger partial charge in [-0.1, -0.05) is 60.8 Å². The van der Waals surface area contributed by atoms with Crippen LogP contribution in [-0.4, -0.2) is 70.5 Å². The molecule has 0 aliphatic carbocycles. The van der Waals surface area contributed by atoms with Crippen LogP contribution in [0.25, 0.3) is 10.8 Å². The molecule has 0 atom stereocenters. The predicted octanol–water partition coefficient (Wildman–Crippen LogP) is 5.98. The van der Waals surface area contributed by atoms with Crippen LogP contribution < -0.4 is 14.9 Å². The van der Waals surface area contributed by atoms with Gasteiger partial charge in [-0.2, -0.15) is 0 Å². The zero-order valence-electron chi connectivity index (χ0n) is 25.9. The number of carbonyl (C=O) groups is 2. The van der Waals surface area contributed by atoms with Crippen molar-refractivity contribution in [2.45, 2.75) is 31.2 Å². The molecule has 4 aromatic rings. The number of esters is 1. The lowest BCUT2D eigenvalue weighted by Gasteiger charge is -2.25. The molecule has 1 amide bonds. The summed E-state index contributed by atoms with van der Waals surface area (Å²) in [5, 5.41) is 7.42. The van der Waals surface area contributed by atoms with Crippen molar-refractivity contribution >= 4 is 67.4 Å². The van der Waals surface area contributed by atoms with E-state index in [2.05, 4.69) is 20.5 Å². The van der Waals surface area contributed by atoms with E-state index in [0.717, 1.165) is 29.4 Å². The Hall–Kier alpha value is -3.90. The Morgan fingerprint density at radius 1 is 0.957 bits per heavy atom. The average Bonchev–Trinajstić information content (AvgIpc) is 3.01. The van der Waals surface area contributed by atoms with Crippen LogP contribution in [0.5, 0.6) is 0 Å². The number of ether oxygens (including phenoxy) is 1. The van der Waals surface area contributed by atoms with Gasteiger partial charge in [0.25, 0.3) is 15.9 Å². The number of rotatable bonds is 15. The zero-order valence-corrected chi connectivity index (χ0v) is 28.3. The van der Waals surface area contributed by atoms with E-state index in [9.17, 15) is 18.0 Å². The van der Waals surface area contributed by atoms with E-state index in [1.54, 1.807) is 42.6 Å². The smallest absolute Gasteiger partial charge is 0.326 e. The van der Waals surface area contributed by atoms with Crippen molar-refractivity contribution in [3.8, 4) is 0 Å². The molecule has 0 aliphatic heterocycles. The largest absolute Gasteiger partial charge is 0.464 e. The Labute approximate surface area is 279 Å². The molecule has 244 valence electrons. The molecule has 46 heavy (non-hydrogen) atoms. The number of aromatic nitrogens is 1. The number of fused-ring (bicyclic) bond motifs is 1. The fourth-order valence-electron chi connectivity index (χ4n) is 4.67. The molecular weight excluding hydrogens is 649 g/mol. The van der Waals surface area contributed by atoms with Crippen molar-refractivity contribution in [2.75, 3.05) is 50.0 Å². The second-order valence-corrected chi connectivity index (χ2v) is 13.6. The number of hydrogen-bond acceptors (Lipinski definition) is 8. The second kappa shape index (κ2) is 16.1. The molecule has 13 heteroatoms. The number of nitrogens with zero attached hydrogens (tertiary/aromatic N) is 3. The van der Waals surface area contributed by atoms with Crippen molar-refractivity contribution in [3.05, 3.63) is 94.1 Å². The van der Waals surface area contributed by atoms with E-state index in [4.69, 9.17) is 27.9 Å². The monoisotopic (exact) mass is 685 g/mol. The van der Waals surface area contributed by atoms with Gasteiger partial charge < -0.3 is 20.3 Å². The fourth-order valence-corrected chi connectivity index (χ4v) is 6.83. The van der Waals surface area contributed by atoms with Gasteiger partial charge >= 0.3 is 5.97 Å². The van der Waals surface area contributed by atoms with Crippen LogP contribution in [0.2, 0.25) is 10.0 Å². The highest BCUT2D eigenvalue weighted by molar-refractivity contribution is 7.93. The summed E-state index contributed by atoms with van der Waals surface area (Å²) < 4.78 is 34.4. The first-order valence-electron chi connectivity index (χ1n) is 14.8. The van der Waals surface area contributed by atoms with Crippen molar-refractivity contribution in [1.29, 1.82) is 0 Å². The minimum atomic E-state index is -4.36. The van der Waals surface area contributed by atoms with Gasteiger partial charge in [-0.05, 0) is 73.9 Å². The maximum absolute atomic E-state index is 14.1. The van der Waals surface area contributed by atoms with E-state index in [1.807, 2.05) is 33.2 Å². The van der Waals surface area contributed by atoms with E-state index >= 15 is 0 Å². The number of pyridine rings is 1. The normalized spacial score (nSPS) is 11.4. The number of hydrogen-bond donors (Lipinski definition) is 2. The lowest BCUT2D eigenvalue weighted by atomic mass is 10.0. The van der Waals surface area contributed by atoms with E-state index in [1.165, 1.54) is 18.2 Å². The maximum atomic E-state index is 14.1. The third-order valence-electron chi connectivity index (χ3n) is 7.01. The SMILES string of the molecule is CCCCOC(=O)CN(c1cccc2c(C(=O)NCc3ccnc(NCCN(C)C)c3)cccc12)S(=O)(=O)c1cc(Cl)cc(Cl)c1. The van der Waals surface area contributed by atoms with Gasteiger partial charge in [0.1, 0.15) is 12.4 Å². The summed E-state index contributed by atoms with van der Waals surface area (Å²) >= 11 is 12.3. The second-order valence-electron chi connectivity index (χ2n) is 10.8. The van der Waals surface area contributed by atoms with E-state index in [0.29, 0.717) is 28.6 Å². The number of anilines is 2. The summed E-state index contributed by atoms with van der Waals surface area (Å²) in [4.78, 5) is 32.6. The van der Waals surface area contributed by atoms with Crippen molar-refractivity contribution in [3.63, 3.8) is 0 Å². The molecule has 4 rings (SSSR count). The number of benzene rings is 3. The quantitative estimate of drug-likeness (QED) is 0.116. The summed E-state index contributed by atoms with van der Waals surface area (Å²) in [5.41, 5.74) is 1.39. The number of likely N-dealkylation sites (N-methyl/N-ethyl adjacent to an activating group) is 1. The third kappa shape index (κ3) is 9.10. The van der Waals surface area contributed by atoms with Crippen LogP contribution in [0, 0.1) is 0 Å². The molecule has 0 aliphatic rings.